The van der Waals surface area contributed by atoms with E-state index >= 15 is 0 Å². The fourth-order valence-corrected chi connectivity index (χ4v) is 3.54. The lowest BCUT2D eigenvalue weighted by Crippen LogP contribution is -1.85. The van der Waals surface area contributed by atoms with E-state index in [2.05, 4.69) is 46.3 Å². The van der Waals surface area contributed by atoms with Gasteiger partial charge in [-0.25, -0.2) is 0 Å². The Hall–Kier alpha value is -0.440. The monoisotopic (exact) mass is 340 g/mol. The van der Waals surface area contributed by atoms with Gasteiger partial charge in [0.2, 0.25) is 0 Å². The first-order valence-electron chi connectivity index (χ1n) is 5.85. The van der Waals surface area contributed by atoms with Crippen LogP contribution in [0.5, 0.6) is 0 Å². The van der Waals surface area contributed by atoms with Gasteiger partial charge in [-0.3, -0.25) is 0 Å². The van der Waals surface area contributed by atoms with Crippen molar-refractivity contribution in [2.75, 3.05) is 11.1 Å². The van der Waals surface area contributed by atoms with E-state index in [1.54, 1.807) is 0 Å². The highest BCUT2D eigenvalue weighted by atomic mass is 79.9. The van der Waals surface area contributed by atoms with Crippen LogP contribution in [0, 0.1) is 0 Å². The van der Waals surface area contributed by atoms with E-state index in [1.807, 2.05) is 30.0 Å². The second-order valence-corrected chi connectivity index (χ2v) is 6.26. The SMILES string of the molecule is Clc1ccc(SCCCBr)c(-c2ccccc2)c1. The van der Waals surface area contributed by atoms with Crippen LogP contribution in [-0.2, 0) is 0 Å². The lowest BCUT2D eigenvalue weighted by atomic mass is 10.1. The fourth-order valence-electron chi connectivity index (χ4n) is 1.71. The summed E-state index contributed by atoms with van der Waals surface area (Å²) in [6, 6.07) is 16.5. The quantitative estimate of drug-likeness (QED) is 0.371. The summed E-state index contributed by atoms with van der Waals surface area (Å²) in [5, 5.41) is 1.84. The number of alkyl halides is 1. The van der Waals surface area contributed by atoms with Crippen molar-refractivity contribution in [2.24, 2.45) is 0 Å². The van der Waals surface area contributed by atoms with Gasteiger partial charge in [-0.2, -0.15) is 0 Å². The standard InChI is InChI=1S/C15H14BrClS/c16-9-4-10-18-15-8-7-13(17)11-14(15)12-5-2-1-3-6-12/h1-3,5-8,11H,4,9-10H2. The molecular formula is C15H14BrClS. The largest absolute Gasteiger partial charge is 0.125 e. The number of rotatable bonds is 5. The van der Waals surface area contributed by atoms with Crippen molar-refractivity contribution in [3.05, 3.63) is 53.6 Å². The zero-order valence-electron chi connectivity index (χ0n) is 9.90. The minimum absolute atomic E-state index is 0.790. The van der Waals surface area contributed by atoms with Crippen LogP contribution in [0.2, 0.25) is 5.02 Å². The highest BCUT2D eigenvalue weighted by molar-refractivity contribution is 9.09. The summed E-state index contributed by atoms with van der Waals surface area (Å²) >= 11 is 11.5. The van der Waals surface area contributed by atoms with Crippen molar-refractivity contribution >= 4 is 39.3 Å². The fraction of sp³-hybridized carbons (Fsp3) is 0.200. The van der Waals surface area contributed by atoms with Gasteiger partial charge in [0.25, 0.3) is 0 Å². The average Bonchev–Trinajstić information content (AvgIpc) is 2.41. The van der Waals surface area contributed by atoms with Crippen molar-refractivity contribution in [3.63, 3.8) is 0 Å². The number of halogens is 2. The van der Waals surface area contributed by atoms with Crippen LogP contribution in [0.25, 0.3) is 11.1 Å². The summed E-state index contributed by atoms with van der Waals surface area (Å²) in [4.78, 5) is 1.30. The molecule has 18 heavy (non-hydrogen) atoms. The number of hydrogen-bond donors (Lipinski definition) is 0. The van der Waals surface area contributed by atoms with Gasteiger partial charge in [0, 0.05) is 15.2 Å². The first kappa shape index (κ1) is 14.0. The van der Waals surface area contributed by atoms with E-state index in [-0.39, 0.29) is 0 Å². The summed E-state index contributed by atoms with van der Waals surface area (Å²) in [5.74, 6) is 1.12. The molecule has 0 bridgehead atoms. The third-order valence-electron chi connectivity index (χ3n) is 2.56. The molecule has 0 amide bonds. The van der Waals surface area contributed by atoms with E-state index in [9.17, 15) is 0 Å². The molecule has 94 valence electrons. The van der Waals surface area contributed by atoms with Crippen LogP contribution in [0.4, 0.5) is 0 Å². The van der Waals surface area contributed by atoms with Crippen molar-refractivity contribution in [3.8, 4) is 11.1 Å². The molecule has 0 radical (unpaired) electrons. The lowest BCUT2D eigenvalue weighted by molar-refractivity contribution is 1.13. The normalized spacial score (nSPS) is 10.6. The maximum Gasteiger partial charge on any atom is 0.0412 e. The topological polar surface area (TPSA) is 0 Å². The molecule has 0 aromatic heterocycles. The average molecular weight is 342 g/mol. The number of hydrogen-bond acceptors (Lipinski definition) is 1. The van der Waals surface area contributed by atoms with Gasteiger partial charge >= 0.3 is 0 Å². The molecule has 0 unspecified atom stereocenters. The predicted octanol–water partition coefficient (Wildman–Crippen LogP) is 5.88. The third-order valence-corrected chi connectivity index (χ3v) is 4.52. The molecule has 0 aliphatic carbocycles. The maximum atomic E-state index is 6.11. The Kier molecular flexibility index (Phi) is 5.61. The van der Waals surface area contributed by atoms with E-state index in [1.165, 1.54) is 22.4 Å². The molecule has 3 heteroatoms. The molecule has 0 N–H and O–H groups in total. The van der Waals surface area contributed by atoms with Gasteiger partial charge in [0.05, 0.1) is 0 Å². The Morgan fingerprint density at radius 2 is 1.83 bits per heavy atom. The van der Waals surface area contributed by atoms with Crippen LogP contribution in [0.3, 0.4) is 0 Å². The van der Waals surface area contributed by atoms with E-state index < -0.39 is 0 Å². The molecule has 0 saturated heterocycles. The van der Waals surface area contributed by atoms with Crippen molar-refractivity contribution in [1.82, 2.24) is 0 Å². The van der Waals surface area contributed by atoms with E-state index in [0.717, 1.165) is 16.1 Å². The Morgan fingerprint density at radius 3 is 2.56 bits per heavy atom. The third kappa shape index (κ3) is 3.78. The van der Waals surface area contributed by atoms with Gasteiger partial charge in [-0.15, -0.1) is 11.8 Å². The molecule has 0 fully saturated rings. The van der Waals surface area contributed by atoms with Crippen LogP contribution >= 0.6 is 39.3 Å². The van der Waals surface area contributed by atoms with Crippen LogP contribution < -0.4 is 0 Å². The van der Waals surface area contributed by atoms with Crippen LogP contribution in [0.15, 0.2) is 53.4 Å². The molecule has 0 saturated carbocycles. The van der Waals surface area contributed by atoms with Gasteiger partial charge in [0.15, 0.2) is 0 Å². The molecular weight excluding hydrogens is 328 g/mol. The molecule has 0 nitrogen and oxygen atoms in total. The summed E-state index contributed by atoms with van der Waals surface area (Å²) in [6.45, 7) is 0. The minimum Gasteiger partial charge on any atom is -0.125 e. The lowest BCUT2D eigenvalue weighted by Gasteiger charge is -2.09. The van der Waals surface area contributed by atoms with Crippen molar-refractivity contribution < 1.29 is 0 Å². The number of thioether (sulfide) groups is 1. The van der Waals surface area contributed by atoms with Gasteiger partial charge in [-0.1, -0.05) is 57.9 Å². The van der Waals surface area contributed by atoms with E-state index in [0.29, 0.717) is 0 Å². The second-order valence-electron chi connectivity index (χ2n) is 3.90. The van der Waals surface area contributed by atoms with Crippen LogP contribution in [0.1, 0.15) is 6.42 Å². The summed E-state index contributed by atoms with van der Waals surface area (Å²) < 4.78 is 0. The first-order valence-corrected chi connectivity index (χ1v) is 8.33. The summed E-state index contributed by atoms with van der Waals surface area (Å²) in [6.07, 6.45) is 1.17. The molecule has 0 heterocycles. The smallest absolute Gasteiger partial charge is 0.0412 e. The molecule has 0 aliphatic heterocycles. The Balaban J connectivity index is 2.29. The maximum absolute atomic E-state index is 6.11. The molecule has 2 rings (SSSR count). The molecule has 0 aliphatic rings. The first-order chi connectivity index (χ1) is 8.81. The highest BCUT2D eigenvalue weighted by Gasteiger charge is 2.06. The number of benzene rings is 2. The van der Waals surface area contributed by atoms with E-state index in [4.69, 9.17) is 11.6 Å². The Bertz CT molecular complexity index is 499. The predicted molar refractivity (Wildman–Crippen MR) is 86.0 cm³/mol. The zero-order valence-corrected chi connectivity index (χ0v) is 13.1. The Morgan fingerprint density at radius 1 is 1.06 bits per heavy atom. The zero-order chi connectivity index (χ0) is 12.8. The molecule has 2 aromatic rings. The highest BCUT2D eigenvalue weighted by Crippen LogP contribution is 2.33. The van der Waals surface area contributed by atoms with Crippen molar-refractivity contribution in [1.29, 1.82) is 0 Å². The Labute approximate surface area is 126 Å². The van der Waals surface area contributed by atoms with Gasteiger partial charge in [-0.05, 0) is 41.5 Å². The van der Waals surface area contributed by atoms with Gasteiger partial charge < -0.3 is 0 Å². The van der Waals surface area contributed by atoms with Crippen molar-refractivity contribution in [2.45, 2.75) is 11.3 Å². The minimum atomic E-state index is 0.790. The molecule has 2 aromatic carbocycles. The second kappa shape index (κ2) is 7.22. The summed E-state index contributed by atoms with van der Waals surface area (Å²) in [7, 11) is 0. The van der Waals surface area contributed by atoms with Crippen LogP contribution in [-0.4, -0.2) is 11.1 Å². The van der Waals surface area contributed by atoms with Gasteiger partial charge in [0.1, 0.15) is 0 Å². The summed E-state index contributed by atoms with van der Waals surface area (Å²) in [5.41, 5.74) is 2.45. The molecule has 0 spiro atoms. The molecule has 0 atom stereocenters.